The van der Waals surface area contributed by atoms with E-state index in [-0.39, 0.29) is 5.41 Å². The number of aromatic nitrogens is 2. The molecular formula is C44H29N3O2. The number of nitriles is 1. The summed E-state index contributed by atoms with van der Waals surface area (Å²) in [5, 5.41) is 12.5. The van der Waals surface area contributed by atoms with Crippen molar-refractivity contribution in [2.75, 3.05) is 0 Å². The Kier molecular flexibility index (Phi) is 6.47. The van der Waals surface area contributed by atoms with E-state index in [1.165, 1.54) is 0 Å². The van der Waals surface area contributed by atoms with Gasteiger partial charge in [-0.2, -0.15) is 5.26 Å². The SMILES string of the molecule is CC1(C)c2ccccc2Oc2c(C#N)cc(-c3ccccc3-c3cc(-c4ccc5c(c4)oc4ccccc45)nc(-c4ccccc4)n3)cc21. The second kappa shape index (κ2) is 11.0. The second-order valence-electron chi connectivity index (χ2n) is 12.9. The van der Waals surface area contributed by atoms with Crippen LogP contribution in [0.4, 0.5) is 0 Å². The molecule has 3 heterocycles. The number of ether oxygens (including phenoxy) is 1. The number of fused-ring (bicyclic) bond motifs is 5. The van der Waals surface area contributed by atoms with Crippen LogP contribution in [0.2, 0.25) is 0 Å². The van der Waals surface area contributed by atoms with Crippen molar-refractivity contribution in [3.8, 4) is 62.6 Å². The minimum Gasteiger partial charge on any atom is -0.456 e. The van der Waals surface area contributed by atoms with Crippen molar-refractivity contribution in [1.82, 2.24) is 9.97 Å². The van der Waals surface area contributed by atoms with E-state index in [4.69, 9.17) is 19.1 Å². The molecule has 232 valence electrons. The number of hydrogen-bond donors (Lipinski definition) is 0. The third kappa shape index (κ3) is 4.69. The summed E-state index contributed by atoms with van der Waals surface area (Å²) in [7, 11) is 0. The molecule has 5 nitrogen and oxygen atoms in total. The lowest BCUT2D eigenvalue weighted by atomic mass is 9.74. The Morgan fingerprint density at radius 2 is 1.29 bits per heavy atom. The fraction of sp³-hybridized carbons (Fsp3) is 0.0682. The molecule has 49 heavy (non-hydrogen) atoms. The molecular weight excluding hydrogens is 603 g/mol. The third-order valence-corrected chi connectivity index (χ3v) is 9.60. The molecule has 0 N–H and O–H groups in total. The van der Waals surface area contributed by atoms with E-state index in [0.29, 0.717) is 17.1 Å². The molecule has 6 aromatic carbocycles. The van der Waals surface area contributed by atoms with Crippen LogP contribution in [0, 0.1) is 11.3 Å². The van der Waals surface area contributed by atoms with E-state index in [9.17, 15) is 5.26 Å². The summed E-state index contributed by atoms with van der Waals surface area (Å²) in [4.78, 5) is 10.2. The molecule has 0 spiro atoms. The van der Waals surface area contributed by atoms with Gasteiger partial charge in [0.25, 0.3) is 0 Å². The van der Waals surface area contributed by atoms with E-state index in [2.05, 4.69) is 68.4 Å². The predicted molar refractivity (Wildman–Crippen MR) is 194 cm³/mol. The lowest BCUT2D eigenvalue weighted by Crippen LogP contribution is -2.24. The standard InChI is InChI=1S/C44H29N3O2/c1-44(2)35-17-9-11-19-40(35)49-42-30(26-45)22-29(23-36(42)44)31-14-6-7-15-32(31)38-25-37(46-43(47-38)27-12-4-3-5-13-27)28-20-21-34-33-16-8-10-18-39(33)48-41(34)24-28/h3-25H,1-2H3. The summed E-state index contributed by atoms with van der Waals surface area (Å²) in [5.74, 6) is 2.03. The van der Waals surface area contributed by atoms with Gasteiger partial charge in [-0.05, 0) is 53.6 Å². The Morgan fingerprint density at radius 1 is 0.571 bits per heavy atom. The summed E-state index contributed by atoms with van der Waals surface area (Å²) >= 11 is 0. The van der Waals surface area contributed by atoms with E-state index < -0.39 is 0 Å². The van der Waals surface area contributed by atoms with Gasteiger partial charge in [0.15, 0.2) is 5.82 Å². The molecule has 5 heteroatoms. The highest BCUT2D eigenvalue weighted by atomic mass is 16.5. The molecule has 9 rings (SSSR count). The van der Waals surface area contributed by atoms with Crippen molar-refractivity contribution in [3.05, 3.63) is 156 Å². The number of hydrogen-bond acceptors (Lipinski definition) is 5. The van der Waals surface area contributed by atoms with Crippen LogP contribution in [0.5, 0.6) is 11.5 Å². The van der Waals surface area contributed by atoms with Gasteiger partial charge >= 0.3 is 0 Å². The number of nitrogens with zero attached hydrogens (tertiary/aromatic N) is 3. The molecule has 0 atom stereocenters. The quantitative estimate of drug-likeness (QED) is 0.193. The van der Waals surface area contributed by atoms with Gasteiger partial charge in [0, 0.05) is 44.0 Å². The predicted octanol–water partition coefficient (Wildman–Crippen LogP) is 11.3. The Morgan fingerprint density at radius 3 is 2.14 bits per heavy atom. The highest BCUT2D eigenvalue weighted by Crippen LogP contribution is 2.50. The molecule has 0 bridgehead atoms. The van der Waals surface area contributed by atoms with Crippen LogP contribution in [0.15, 0.2) is 144 Å². The zero-order valence-corrected chi connectivity index (χ0v) is 26.9. The van der Waals surface area contributed by atoms with Gasteiger partial charge in [0.05, 0.1) is 17.0 Å². The molecule has 8 aromatic rings. The van der Waals surface area contributed by atoms with Gasteiger partial charge in [0.1, 0.15) is 28.7 Å². The van der Waals surface area contributed by atoms with Crippen LogP contribution in [-0.4, -0.2) is 9.97 Å². The van der Waals surface area contributed by atoms with Crippen LogP contribution in [0.1, 0.15) is 30.5 Å². The normalized spacial score (nSPS) is 13.0. The molecule has 0 saturated heterocycles. The molecule has 0 fully saturated rings. The first kappa shape index (κ1) is 28.7. The van der Waals surface area contributed by atoms with Crippen molar-refractivity contribution in [2.45, 2.75) is 19.3 Å². The Bertz CT molecular complexity index is 2630. The summed E-state index contributed by atoms with van der Waals surface area (Å²) in [5.41, 5.74) is 10.1. The molecule has 1 aliphatic heterocycles. The minimum atomic E-state index is -0.376. The zero-order chi connectivity index (χ0) is 33.1. The van der Waals surface area contributed by atoms with Crippen LogP contribution in [-0.2, 0) is 5.41 Å². The van der Waals surface area contributed by atoms with Crippen molar-refractivity contribution in [2.24, 2.45) is 0 Å². The second-order valence-corrected chi connectivity index (χ2v) is 12.9. The summed E-state index contributed by atoms with van der Waals surface area (Å²) in [6.45, 7) is 4.37. The lowest BCUT2D eigenvalue weighted by Gasteiger charge is -2.35. The van der Waals surface area contributed by atoms with Gasteiger partial charge in [-0.1, -0.05) is 111 Å². The van der Waals surface area contributed by atoms with Crippen LogP contribution in [0.3, 0.4) is 0 Å². The van der Waals surface area contributed by atoms with Crippen molar-refractivity contribution in [1.29, 1.82) is 5.26 Å². The summed E-state index contributed by atoms with van der Waals surface area (Å²) in [6, 6.07) is 49.2. The average molecular weight is 632 g/mol. The summed E-state index contributed by atoms with van der Waals surface area (Å²) < 4.78 is 12.6. The van der Waals surface area contributed by atoms with Gasteiger partial charge in [-0.25, -0.2) is 9.97 Å². The smallest absolute Gasteiger partial charge is 0.160 e. The maximum atomic E-state index is 10.4. The third-order valence-electron chi connectivity index (χ3n) is 9.60. The number of rotatable bonds is 4. The van der Waals surface area contributed by atoms with Crippen molar-refractivity contribution in [3.63, 3.8) is 0 Å². The fourth-order valence-corrected chi connectivity index (χ4v) is 7.06. The topological polar surface area (TPSA) is 71.9 Å². The number of furan rings is 1. The minimum absolute atomic E-state index is 0.376. The van der Waals surface area contributed by atoms with Crippen molar-refractivity contribution >= 4 is 21.9 Å². The molecule has 1 aliphatic rings. The Labute approximate surface area is 283 Å². The first-order valence-electron chi connectivity index (χ1n) is 16.3. The van der Waals surface area contributed by atoms with E-state index in [1.807, 2.05) is 91.0 Å². The van der Waals surface area contributed by atoms with E-state index >= 15 is 0 Å². The Balaban J connectivity index is 1.23. The maximum Gasteiger partial charge on any atom is 0.160 e. The lowest BCUT2D eigenvalue weighted by molar-refractivity contribution is 0.417. The highest BCUT2D eigenvalue weighted by molar-refractivity contribution is 6.05. The highest BCUT2D eigenvalue weighted by Gasteiger charge is 2.36. The first-order chi connectivity index (χ1) is 24.0. The number of benzene rings is 6. The average Bonchev–Trinajstić information content (AvgIpc) is 3.53. The number of para-hydroxylation sites is 2. The molecule has 0 radical (unpaired) electrons. The molecule has 0 unspecified atom stereocenters. The first-order valence-corrected chi connectivity index (χ1v) is 16.3. The van der Waals surface area contributed by atoms with Gasteiger partial charge in [0.2, 0.25) is 0 Å². The molecule has 2 aromatic heterocycles. The maximum absolute atomic E-state index is 10.4. The molecule has 0 aliphatic carbocycles. The van der Waals surface area contributed by atoms with Crippen LogP contribution < -0.4 is 4.74 Å². The van der Waals surface area contributed by atoms with E-state index in [0.717, 1.165) is 78.0 Å². The van der Waals surface area contributed by atoms with Crippen molar-refractivity contribution < 1.29 is 9.15 Å². The van der Waals surface area contributed by atoms with Crippen LogP contribution >= 0.6 is 0 Å². The van der Waals surface area contributed by atoms with Gasteiger partial charge < -0.3 is 9.15 Å². The zero-order valence-electron chi connectivity index (χ0n) is 26.9. The van der Waals surface area contributed by atoms with E-state index in [1.54, 1.807) is 0 Å². The van der Waals surface area contributed by atoms with Gasteiger partial charge in [-0.3, -0.25) is 0 Å². The van der Waals surface area contributed by atoms with Gasteiger partial charge in [-0.15, -0.1) is 0 Å². The molecule has 0 saturated carbocycles. The monoisotopic (exact) mass is 631 g/mol. The molecule has 0 amide bonds. The Hall–Kier alpha value is -6.51. The fourth-order valence-electron chi connectivity index (χ4n) is 7.06. The largest absolute Gasteiger partial charge is 0.456 e. The van der Waals surface area contributed by atoms with Crippen LogP contribution in [0.25, 0.3) is 67.0 Å². The summed E-state index contributed by atoms with van der Waals surface area (Å²) in [6.07, 6.45) is 0.